The van der Waals surface area contributed by atoms with Crippen molar-refractivity contribution in [1.82, 2.24) is 4.31 Å². The van der Waals surface area contributed by atoms with E-state index in [2.05, 4.69) is 6.07 Å². The van der Waals surface area contributed by atoms with Crippen LogP contribution in [0.5, 0.6) is 0 Å². The molecule has 1 atom stereocenters. The van der Waals surface area contributed by atoms with Crippen molar-refractivity contribution in [2.75, 3.05) is 13.6 Å². The molecule has 0 N–H and O–H groups in total. The highest BCUT2D eigenvalue weighted by molar-refractivity contribution is 7.89. The summed E-state index contributed by atoms with van der Waals surface area (Å²) in [6.07, 6.45) is 0. The monoisotopic (exact) mass is 303 g/mol. The predicted octanol–water partition coefficient (Wildman–Crippen LogP) is 3.42. The van der Waals surface area contributed by atoms with Crippen LogP contribution < -0.4 is 0 Å². The maximum Gasteiger partial charge on any atom is 0.242 e. The Bertz CT molecular complexity index is 696. The molecule has 0 fully saturated rings. The van der Waals surface area contributed by atoms with Crippen molar-refractivity contribution in [3.8, 4) is 0 Å². The molecule has 2 aromatic rings. The lowest BCUT2D eigenvalue weighted by molar-refractivity contribution is 0.446. The standard InChI is InChI=1S/C17H21NO2S/c1-14-8-7-9-16(12-14)15(2)13-18(3)21(19,20)17-10-5-4-6-11-17/h4-12,15H,13H2,1-3H3. The molecule has 2 aromatic carbocycles. The van der Waals surface area contributed by atoms with Gasteiger partial charge in [-0.05, 0) is 30.5 Å². The van der Waals surface area contributed by atoms with E-state index in [-0.39, 0.29) is 5.92 Å². The van der Waals surface area contributed by atoms with Crippen LogP contribution in [0.25, 0.3) is 0 Å². The smallest absolute Gasteiger partial charge is 0.207 e. The molecule has 0 saturated carbocycles. The van der Waals surface area contributed by atoms with E-state index in [1.165, 1.54) is 9.87 Å². The highest BCUT2D eigenvalue weighted by Gasteiger charge is 2.22. The molecule has 3 nitrogen and oxygen atoms in total. The van der Waals surface area contributed by atoms with Gasteiger partial charge >= 0.3 is 0 Å². The van der Waals surface area contributed by atoms with Gasteiger partial charge in [0.2, 0.25) is 10.0 Å². The van der Waals surface area contributed by atoms with Gasteiger partial charge in [0.05, 0.1) is 4.90 Å². The number of benzene rings is 2. The number of sulfonamides is 1. The summed E-state index contributed by atoms with van der Waals surface area (Å²) in [7, 11) is -1.79. The maximum absolute atomic E-state index is 12.5. The van der Waals surface area contributed by atoms with E-state index < -0.39 is 10.0 Å². The van der Waals surface area contributed by atoms with Gasteiger partial charge in [0.15, 0.2) is 0 Å². The molecule has 0 spiro atoms. The minimum Gasteiger partial charge on any atom is -0.207 e. The lowest BCUT2D eigenvalue weighted by Gasteiger charge is -2.21. The number of hydrogen-bond acceptors (Lipinski definition) is 2. The fourth-order valence-electron chi connectivity index (χ4n) is 2.34. The van der Waals surface area contributed by atoms with E-state index in [4.69, 9.17) is 0 Å². The Morgan fingerprint density at radius 3 is 2.33 bits per heavy atom. The predicted molar refractivity (Wildman–Crippen MR) is 85.9 cm³/mol. The summed E-state index contributed by atoms with van der Waals surface area (Å²) in [5, 5.41) is 0. The molecular formula is C17H21NO2S. The van der Waals surface area contributed by atoms with Gasteiger partial charge in [-0.3, -0.25) is 0 Å². The Hall–Kier alpha value is -1.65. The Morgan fingerprint density at radius 1 is 1.05 bits per heavy atom. The van der Waals surface area contributed by atoms with E-state index in [1.807, 2.05) is 38.1 Å². The van der Waals surface area contributed by atoms with Crippen molar-refractivity contribution in [2.24, 2.45) is 0 Å². The molecular weight excluding hydrogens is 282 g/mol. The molecule has 0 amide bonds. The highest BCUT2D eigenvalue weighted by atomic mass is 32.2. The fourth-order valence-corrected chi connectivity index (χ4v) is 3.62. The van der Waals surface area contributed by atoms with E-state index in [0.29, 0.717) is 11.4 Å². The molecule has 0 radical (unpaired) electrons. The number of nitrogens with zero attached hydrogens (tertiary/aromatic N) is 1. The Kier molecular flexibility index (Phi) is 4.80. The molecule has 0 aliphatic carbocycles. The Morgan fingerprint density at radius 2 is 1.71 bits per heavy atom. The van der Waals surface area contributed by atoms with Gasteiger partial charge in [-0.1, -0.05) is 55.0 Å². The molecule has 0 saturated heterocycles. The lowest BCUT2D eigenvalue weighted by Crippen LogP contribution is -2.30. The minimum absolute atomic E-state index is 0.147. The minimum atomic E-state index is -3.42. The first-order chi connectivity index (χ1) is 9.91. The van der Waals surface area contributed by atoms with E-state index in [0.717, 1.165) is 5.56 Å². The maximum atomic E-state index is 12.5. The van der Waals surface area contributed by atoms with E-state index in [9.17, 15) is 8.42 Å². The third kappa shape index (κ3) is 3.71. The van der Waals surface area contributed by atoms with E-state index >= 15 is 0 Å². The zero-order valence-electron chi connectivity index (χ0n) is 12.7. The molecule has 0 aromatic heterocycles. The van der Waals surface area contributed by atoms with Crippen LogP contribution in [-0.4, -0.2) is 26.3 Å². The van der Waals surface area contributed by atoms with Crippen LogP contribution in [0, 0.1) is 6.92 Å². The summed E-state index contributed by atoms with van der Waals surface area (Å²) in [4.78, 5) is 0.337. The van der Waals surface area contributed by atoms with Crippen LogP contribution in [-0.2, 0) is 10.0 Å². The third-order valence-electron chi connectivity index (χ3n) is 3.59. The lowest BCUT2D eigenvalue weighted by atomic mass is 9.99. The number of likely N-dealkylation sites (N-methyl/N-ethyl adjacent to an activating group) is 1. The van der Waals surface area contributed by atoms with Crippen LogP contribution >= 0.6 is 0 Å². The number of hydrogen-bond donors (Lipinski definition) is 0. The Labute approximate surface area is 127 Å². The topological polar surface area (TPSA) is 37.4 Å². The summed E-state index contributed by atoms with van der Waals surface area (Å²) in [6.45, 7) is 4.55. The second kappa shape index (κ2) is 6.41. The Balaban J connectivity index is 2.16. The molecule has 0 aliphatic rings. The van der Waals surface area contributed by atoms with Gasteiger partial charge in [-0.2, -0.15) is 0 Å². The molecule has 112 valence electrons. The van der Waals surface area contributed by atoms with Gasteiger partial charge in [0, 0.05) is 13.6 Å². The van der Waals surface area contributed by atoms with Crippen molar-refractivity contribution >= 4 is 10.0 Å². The largest absolute Gasteiger partial charge is 0.242 e. The summed E-state index contributed by atoms with van der Waals surface area (Å²) < 4.78 is 26.4. The summed E-state index contributed by atoms with van der Waals surface area (Å²) in [6, 6.07) is 16.7. The van der Waals surface area contributed by atoms with Crippen molar-refractivity contribution in [3.05, 3.63) is 65.7 Å². The van der Waals surface area contributed by atoms with Gasteiger partial charge in [-0.15, -0.1) is 0 Å². The summed E-state index contributed by atoms with van der Waals surface area (Å²) in [5.74, 6) is 0.147. The molecule has 2 rings (SSSR count). The van der Waals surface area contributed by atoms with Crippen molar-refractivity contribution < 1.29 is 8.42 Å². The van der Waals surface area contributed by atoms with Crippen molar-refractivity contribution in [1.29, 1.82) is 0 Å². The zero-order valence-corrected chi connectivity index (χ0v) is 13.5. The van der Waals surface area contributed by atoms with Gasteiger partial charge in [0.1, 0.15) is 0 Å². The van der Waals surface area contributed by atoms with Gasteiger partial charge < -0.3 is 0 Å². The number of aryl methyl sites for hydroxylation is 1. The highest BCUT2D eigenvalue weighted by Crippen LogP contribution is 2.21. The SMILES string of the molecule is Cc1cccc(C(C)CN(C)S(=O)(=O)c2ccccc2)c1. The second-order valence-corrected chi connectivity index (χ2v) is 7.46. The molecule has 1 unspecified atom stereocenters. The summed E-state index contributed by atoms with van der Waals surface area (Å²) >= 11 is 0. The van der Waals surface area contributed by atoms with Crippen molar-refractivity contribution in [2.45, 2.75) is 24.7 Å². The molecule has 4 heteroatoms. The molecule has 0 heterocycles. The van der Waals surface area contributed by atoms with Crippen LogP contribution in [0.4, 0.5) is 0 Å². The van der Waals surface area contributed by atoms with Crippen LogP contribution in [0.1, 0.15) is 24.0 Å². The normalized spacial score (nSPS) is 13.3. The van der Waals surface area contributed by atoms with Gasteiger partial charge in [0.25, 0.3) is 0 Å². The second-order valence-electron chi connectivity index (χ2n) is 5.41. The average molecular weight is 303 g/mol. The fraction of sp³-hybridized carbons (Fsp3) is 0.294. The molecule has 21 heavy (non-hydrogen) atoms. The zero-order chi connectivity index (χ0) is 15.5. The summed E-state index contributed by atoms with van der Waals surface area (Å²) in [5.41, 5.74) is 2.35. The third-order valence-corrected chi connectivity index (χ3v) is 5.43. The quantitative estimate of drug-likeness (QED) is 0.848. The first-order valence-electron chi connectivity index (χ1n) is 6.99. The van der Waals surface area contributed by atoms with Crippen LogP contribution in [0.2, 0.25) is 0 Å². The number of rotatable bonds is 5. The average Bonchev–Trinajstić information content (AvgIpc) is 2.48. The van der Waals surface area contributed by atoms with Crippen molar-refractivity contribution in [3.63, 3.8) is 0 Å². The van der Waals surface area contributed by atoms with Gasteiger partial charge in [-0.25, -0.2) is 12.7 Å². The first-order valence-corrected chi connectivity index (χ1v) is 8.43. The van der Waals surface area contributed by atoms with E-state index in [1.54, 1.807) is 31.3 Å². The van der Waals surface area contributed by atoms with Crippen LogP contribution in [0.3, 0.4) is 0 Å². The van der Waals surface area contributed by atoms with Crippen LogP contribution in [0.15, 0.2) is 59.5 Å². The first kappa shape index (κ1) is 15.7. The molecule has 0 aliphatic heterocycles. The molecule has 0 bridgehead atoms.